The molecule has 4 nitrogen and oxygen atoms in total. The number of rotatable bonds is 3. The van der Waals surface area contributed by atoms with Gasteiger partial charge in [-0.25, -0.2) is 0 Å². The first-order chi connectivity index (χ1) is 12.2. The first-order valence-electron chi connectivity index (χ1n) is 8.66. The summed E-state index contributed by atoms with van der Waals surface area (Å²) in [7, 11) is 1.45. The Balaban J connectivity index is 1.62. The number of thiophene rings is 1. The summed E-state index contributed by atoms with van der Waals surface area (Å²) >= 11 is 1.47. The number of carbonyl (C=O) groups excluding carboxylic acids is 2. The van der Waals surface area contributed by atoms with E-state index in [4.69, 9.17) is 4.74 Å². The molecule has 0 unspecified atom stereocenters. The van der Waals surface area contributed by atoms with E-state index in [2.05, 4.69) is 0 Å². The number of nitrogens with zero attached hydrogens (tertiary/aromatic N) is 1. The van der Waals surface area contributed by atoms with Gasteiger partial charge in [0.15, 0.2) is 0 Å². The van der Waals surface area contributed by atoms with Gasteiger partial charge in [0.05, 0.1) is 17.4 Å². The summed E-state index contributed by atoms with van der Waals surface area (Å²) in [6.07, 6.45) is 2.86. The van der Waals surface area contributed by atoms with Gasteiger partial charge in [-0.1, -0.05) is 36.8 Å². The van der Waals surface area contributed by atoms with Crippen LogP contribution in [0.5, 0.6) is 0 Å². The van der Waals surface area contributed by atoms with E-state index in [-0.39, 0.29) is 17.8 Å². The van der Waals surface area contributed by atoms with Gasteiger partial charge in [0.1, 0.15) is 0 Å². The molecule has 0 radical (unpaired) electrons. The van der Waals surface area contributed by atoms with Gasteiger partial charge in [-0.15, -0.1) is 11.3 Å². The molecule has 1 aromatic heterocycles. The average molecular weight is 355 g/mol. The maximum atomic E-state index is 13.2. The normalized spacial score (nSPS) is 25.0. The van der Waals surface area contributed by atoms with Gasteiger partial charge in [0.2, 0.25) is 0 Å². The first-order valence-corrected chi connectivity index (χ1v) is 9.54. The second-order valence-electron chi connectivity index (χ2n) is 6.95. The summed E-state index contributed by atoms with van der Waals surface area (Å²) in [4.78, 5) is 28.2. The number of ether oxygens (including phenoxy) is 1. The fraction of sp³-hybridized carbons (Fsp3) is 0.400. The van der Waals surface area contributed by atoms with Crippen LogP contribution in [0.3, 0.4) is 0 Å². The molecule has 1 aliphatic carbocycles. The molecule has 2 fully saturated rings. The third-order valence-electron chi connectivity index (χ3n) is 5.69. The highest BCUT2D eigenvalue weighted by Gasteiger charge is 2.56. The standard InChI is InChI=1S/C20H21NO3S/c1-24-19(23)20-10-5-8-15(20)12-21(13-20)18(22)17-16(9-11-25-17)14-6-3-2-4-7-14/h2-4,6-7,9,11,15H,5,8,10,12-13H2,1H3/t15-,20+/m0/s1. The third kappa shape index (κ3) is 2.58. The predicted molar refractivity (Wildman–Crippen MR) is 97.4 cm³/mol. The van der Waals surface area contributed by atoms with Crippen LogP contribution in [-0.2, 0) is 9.53 Å². The van der Waals surface area contributed by atoms with Gasteiger partial charge in [-0.05, 0) is 35.8 Å². The fourth-order valence-corrected chi connectivity index (χ4v) is 5.33. The lowest BCUT2D eigenvalue weighted by molar-refractivity contribution is -0.153. The number of hydrogen-bond acceptors (Lipinski definition) is 4. The summed E-state index contributed by atoms with van der Waals surface area (Å²) in [5.41, 5.74) is 1.53. The van der Waals surface area contributed by atoms with Crippen LogP contribution in [-0.4, -0.2) is 37.0 Å². The summed E-state index contributed by atoms with van der Waals surface area (Å²) in [6, 6.07) is 12.0. The van der Waals surface area contributed by atoms with E-state index >= 15 is 0 Å². The maximum Gasteiger partial charge on any atom is 0.313 e. The molecule has 1 saturated carbocycles. The summed E-state index contributed by atoms with van der Waals surface area (Å²) in [5.74, 6) is 0.107. The third-order valence-corrected chi connectivity index (χ3v) is 6.60. The van der Waals surface area contributed by atoms with Crippen molar-refractivity contribution >= 4 is 23.2 Å². The van der Waals surface area contributed by atoms with Crippen LogP contribution in [0.4, 0.5) is 0 Å². The largest absolute Gasteiger partial charge is 0.469 e. The second-order valence-corrected chi connectivity index (χ2v) is 7.87. The predicted octanol–water partition coefficient (Wildman–Crippen LogP) is 3.83. The molecule has 0 N–H and O–H groups in total. The van der Waals surface area contributed by atoms with Crippen molar-refractivity contribution in [3.05, 3.63) is 46.7 Å². The van der Waals surface area contributed by atoms with Gasteiger partial charge in [0, 0.05) is 18.7 Å². The number of amides is 1. The molecule has 1 saturated heterocycles. The van der Waals surface area contributed by atoms with E-state index in [1.54, 1.807) is 0 Å². The summed E-state index contributed by atoms with van der Waals surface area (Å²) < 4.78 is 5.08. The van der Waals surface area contributed by atoms with E-state index < -0.39 is 5.41 Å². The number of methoxy groups -OCH3 is 1. The van der Waals surface area contributed by atoms with Gasteiger partial charge >= 0.3 is 5.97 Å². The molecule has 0 bridgehead atoms. The van der Waals surface area contributed by atoms with Gasteiger partial charge in [0.25, 0.3) is 5.91 Å². The van der Waals surface area contributed by atoms with Gasteiger partial charge in [-0.3, -0.25) is 9.59 Å². The molecule has 1 aliphatic heterocycles. The Morgan fingerprint density at radius 2 is 2.04 bits per heavy atom. The fourth-order valence-electron chi connectivity index (χ4n) is 4.44. The molecule has 2 atom stereocenters. The Morgan fingerprint density at radius 1 is 1.24 bits per heavy atom. The molecule has 1 amide bonds. The van der Waals surface area contributed by atoms with Crippen molar-refractivity contribution in [2.45, 2.75) is 19.3 Å². The topological polar surface area (TPSA) is 46.6 Å². The van der Waals surface area contributed by atoms with E-state index in [9.17, 15) is 9.59 Å². The minimum atomic E-state index is -0.491. The van der Waals surface area contributed by atoms with Crippen LogP contribution in [0.15, 0.2) is 41.8 Å². The van der Waals surface area contributed by atoms with Crippen molar-refractivity contribution in [1.82, 2.24) is 4.90 Å². The number of benzene rings is 1. The maximum absolute atomic E-state index is 13.2. The number of likely N-dealkylation sites (tertiary alicyclic amines) is 1. The molecular weight excluding hydrogens is 334 g/mol. The molecule has 2 heterocycles. The minimum Gasteiger partial charge on any atom is -0.469 e. The summed E-state index contributed by atoms with van der Waals surface area (Å²) in [5, 5.41) is 1.96. The van der Waals surface area contributed by atoms with Crippen LogP contribution >= 0.6 is 11.3 Å². The smallest absolute Gasteiger partial charge is 0.313 e. The zero-order valence-electron chi connectivity index (χ0n) is 14.2. The molecule has 130 valence electrons. The Morgan fingerprint density at radius 3 is 2.80 bits per heavy atom. The Hall–Kier alpha value is -2.14. The Kier molecular flexibility index (Phi) is 4.12. The SMILES string of the molecule is COC(=O)[C@@]12CCC[C@H]1CN(C(=O)c1sccc1-c1ccccc1)C2. The molecule has 4 rings (SSSR count). The zero-order chi connectivity index (χ0) is 17.4. The van der Waals surface area contributed by atoms with Crippen molar-refractivity contribution in [1.29, 1.82) is 0 Å². The lowest BCUT2D eigenvalue weighted by Crippen LogP contribution is -2.38. The highest BCUT2D eigenvalue weighted by molar-refractivity contribution is 7.12. The average Bonchev–Trinajstić information content (AvgIpc) is 3.35. The van der Waals surface area contributed by atoms with Crippen LogP contribution in [0.1, 0.15) is 28.9 Å². The lowest BCUT2D eigenvalue weighted by atomic mass is 9.81. The van der Waals surface area contributed by atoms with Crippen molar-refractivity contribution in [3.8, 4) is 11.1 Å². The van der Waals surface area contributed by atoms with E-state index in [1.165, 1.54) is 18.4 Å². The molecule has 0 spiro atoms. The molecule has 2 aromatic rings. The monoisotopic (exact) mass is 355 g/mol. The van der Waals surface area contributed by atoms with E-state index in [1.807, 2.05) is 46.7 Å². The van der Waals surface area contributed by atoms with Crippen LogP contribution < -0.4 is 0 Å². The highest BCUT2D eigenvalue weighted by atomic mass is 32.1. The lowest BCUT2D eigenvalue weighted by Gasteiger charge is -2.25. The Bertz CT molecular complexity index is 800. The molecule has 2 aliphatic rings. The number of carbonyl (C=O) groups is 2. The number of esters is 1. The first kappa shape index (κ1) is 16.3. The zero-order valence-corrected chi connectivity index (χ0v) is 15.1. The molecule has 25 heavy (non-hydrogen) atoms. The van der Waals surface area contributed by atoms with E-state index in [0.29, 0.717) is 13.1 Å². The van der Waals surface area contributed by atoms with Crippen LogP contribution in [0.25, 0.3) is 11.1 Å². The van der Waals surface area contributed by atoms with Crippen LogP contribution in [0, 0.1) is 11.3 Å². The van der Waals surface area contributed by atoms with Crippen molar-refractivity contribution < 1.29 is 14.3 Å². The minimum absolute atomic E-state index is 0.0338. The Labute approximate surface area is 151 Å². The molecule has 1 aromatic carbocycles. The van der Waals surface area contributed by atoms with Crippen molar-refractivity contribution in [3.63, 3.8) is 0 Å². The molecular formula is C20H21NO3S. The summed E-state index contributed by atoms with van der Waals surface area (Å²) in [6.45, 7) is 1.13. The number of fused-ring (bicyclic) bond motifs is 1. The van der Waals surface area contributed by atoms with Crippen molar-refractivity contribution in [2.75, 3.05) is 20.2 Å². The van der Waals surface area contributed by atoms with E-state index in [0.717, 1.165) is 35.3 Å². The number of hydrogen-bond donors (Lipinski definition) is 0. The molecule has 5 heteroatoms. The highest BCUT2D eigenvalue weighted by Crippen LogP contribution is 2.50. The van der Waals surface area contributed by atoms with Gasteiger partial charge < -0.3 is 9.64 Å². The second kappa shape index (κ2) is 6.30. The quantitative estimate of drug-likeness (QED) is 0.786. The van der Waals surface area contributed by atoms with Gasteiger partial charge in [-0.2, -0.15) is 0 Å². The van der Waals surface area contributed by atoms with Crippen LogP contribution in [0.2, 0.25) is 0 Å². The van der Waals surface area contributed by atoms with Crippen molar-refractivity contribution in [2.24, 2.45) is 11.3 Å².